The van der Waals surface area contributed by atoms with Crippen LogP contribution in [0.15, 0.2) is 48.5 Å². The number of benzene rings is 2. The maximum absolute atomic E-state index is 15.1. The number of nitrogens with zero attached hydrogens (tertiary/aromatic N) is 3. The molecule has 0 heterocycles. The molecule has 0 aliphatic rings. The molecular formula is C28H36Cl2F3N6O8P. The van der Waals surface area contributed by atoms with Crippen molar-refractivity contribution in [3.8, 4) is 0 Å². The second-order valence-electron chi connectivity index (χ2n) is 10.5. The second kappa shape index (κ2) is 18.3. The molecule has 0 spiro atoms. The number of urea groups is 1. The third-order valence-corrected chi connectivity index (χ3v) is 9.39. The van der Waals surface area contributed by atoms with Gasteiger partial charge in [0.15, 0.2) is 4.84 Å². The molecule has 3 atom stereocenters. The molecule has 2 rings (SSSR count). The van der Waals surface area contributed by atoms with Crippen molar-refractivity contribution >= 4 is 59.9 Å². The summed E-state index contributed by atoms with van der Waals surface area (Å²) in [6.07, 6.45) is -6.88. The third-order valence-electron chi connectivity index (χ3n) is 6.56. The normalized spacial score (nSPS) is 14.1. The molecular weight excluding hydrogens is 707 g/mol. The van der Waals surface area contributed by atoms with Crippen molar-refractivity contribution in [1.82, 2.24) is 20.2 Å². The summed E-state index contributed by atoms with van der Waals surface area (Å²) in [7, 11) is -0.913. The minimum Gasteiger partial charge on any atom is -0.394 e. The molecule has 2 aromatic rings. The molecule has 1 unspecified atom stereocenters. The zero-order valence-electron chi connectivity index (χ0n) is 26.1. The van der Waals surface area contributed by atoms with E-state index in [9.17, 15) is 42.8 Å². The Hall–Kier alpha value is -3.47. The highest BCUT2D eigenvalue weighted by Gasteiger charge is 2.42. The van der Waals surface area contributed by atoms with Crippen LogP contribution in [0.25, 0.3) is 0 Å². The van der Waals surface area contributed by atoms with Crippen molar-refractivity contribution < 1.29 is 46.7 Å². The minimum atomic E-state index is -5.14. The van der Waals surface area contributed by atoms with E-state index in [0.717, 1.165) is 28.9 Å². The zero-order valence-corrected chi connectivity index (χ0v) is 28.5. The summed E-state index contributed by atoms with van der Waals surface area (Å²) in [5.41, 5.74) is -0.210. The molecule has 266 valence electrons. The first-order valence-electron chi connectivity index (χ1n) is 14.3. The Morgan fingerprint density at radius 2 is 1.67 bits per heavy atom. The number of hydrogen-bond donors (Lipinski definition) is 4. The van der Waals surface area contributed by atoms with Gasteiger partial charge in [-0.25, -0.2) is 4.79 Å². The van der Waals surface area contributed by atoms with E-state index in [1.165, 1.54) is 24.3 Å². The molecule has 4 N–H and O–H groups in total. The van der Waals surface area contributed by atoms with Crippen molar-refractivity contribution in [2.45, 2.75) is 42.7 Å². The van der Waals surface area contributed by atoms with Gasteiger partial charge in [-0.3, -0.25) is 28.9 Å². The minimum absolute atomic E-state index is 0.107. The highest BCUT2D eigenvalue weighted by Crippen LogP contribution is 2.57. The maximum Gasteiger partial charge on any atom is 0.471 e. The van der Waals surface area contributed by atoms with Gasteiger partial charge in [0, 0.05) is 30.9 Å². The molecule has 0 bridgehead atoms. The van der Waals surface area contributed by atoms with Gasteiger partial charge in [0.2, 0.25) is 0 Å². The average Bonchev–Trinajstić information content (AvgIpc) is 3.01. The van der Waals surface area contributed by atoms with E-state index in [0.29, 0.717) is 13.0 Å². The summed E-state index contributed by atoms with van der Waals surface area (Å²) in [5.74, 6) is -3.16. The van der Waals surface area contributed by atoms with E-state index in [1.807, 2.05) is 4.90 Å². The van der Waals surface area contributed by atoms with E-state index in [-0.39, 0.29) is 35.6 Å². The van der Waals surface area contributed by atoms with E-state index in [2.05, 4.69) is 10.6 Å². The number of rotatable bonds is 17. The number of aliphatic hydroxyl groups excluding tert-OH is 1. The highest BCUT2D eigenvalue weighted by atomic mass is 35.5. The number of nitro benzene ring substituents is 1. The van der Waals surface area contributed by atoms with Crippen LogP contribution < -0.4 is 16.0 Å². The van der Waals surface area contributed by atoms with E-state index in [1.54, 1.807) is 26.3 Å². The van der Waals surface area contributed by atoms with Gasteiger partial charge in [0.1, 0.15) is 6.10 Å². The summed E-state index contributed by atoms with van der Waals surface area (Å²) in [6.45, 7) is 1.27. The molecule has 0 saturated heterocycles. The number of carbonyl (C=O) groups is 3. The largest absolute Gasteiger partial charge is 0.471 e. The number of nitrogens with one attached hydrogen (secondary N) is 3. The molecule has 0 fully saturated rings. The van der Waals surface area contributed by atoms with Gasteiger partial charge in [0.25, 0.3) is 11.6 Å². The highest BCUT2D eigenvalue weighted by molar-refractivity contribution is 7.56. The molecule has 4 amide bonds. The number of anilines is 1. The number of non-ortho nitro benzene ring substituents is 1. The number of hydrogen-bond acceptors (Lipinski definition) is 9. The number of nitro groups is 1. The van der Waals surface area contributed by atoms with E-state index in [4.69, 9.17) is 27.7 Å². The van der Waals surface area contributed by atoms with Gasteiger partial charge >= 0.3 is 25.6 Å². The lowest BCUT2D eigenvalue weighted by Crippen LogP contribution is -2.46. The van der Waals surface area contributed by atoms with Gasteiger partial charge in [-0.1, -0.05) is 35.3 Å². The molecule has 2 aromatic carbocycles. The summed E-state index contributed by atoms with van der Waals surface area (Å²) < 4.78 is 60.6. The van der Waals surface area contributed by atoms with Gasteiger partial charge in [-0.05, 0) is 69.4 Å². The lowest BCUT2D eigenvalue weighted by atomic mass is 10.0. The van der Waals surface area contributed by atoms with Crippen LogP contribution in [0.3, 0.4) is 0 Å². The van der Waals surface area contributed by atoms with Gasteiger partial charge in [-0.2, -0.15) is 13.2 Å². The molecule has 0 saturated carbocycles. The Labute approximate surface area is 284 Å². The van der Waals surface area contributed by atoms with Crippen LogP contribution in [0, 0.1) is 10.1 Å². The van der Waals surface area contributed by atoms with Gasteiger partial charge in [0.05, 0.1) is 23.7 Å². The Morgan fingerprint density at radius 3 is 2.15 bits per heavy atom. The molecule has 48 heavy (non-hydrogen) atoms. The van der Waals surface area contributed by atoms with Gasteiger partial charge in [-0.15, -0.1) is 0 Å². The van der Waals surface area contributed by atoms with Crippen LogP contribution in [-0.4, -0.2) is 94.8 Å². The van der Waals surface area contributed by atoms with Crippen LogP contribution >= 0.6 is 30.7 Å². The molecule has 0 aliphatic carbocycles. The Balaban J connectivity index is 2.69. The molecule has 20 heteroatoms. The van der Waals surface area contributed by atoms with E-state index < -0.39 is 66.2 Å². The van der Waals surface area contributed by atoms with Crippen molar-refractivity contribution in [1.29, 1.82) is 0 Å². The van der Waals surface area contributed by atoms with Gasteiger partial charge < -0.3 is 30.5 Å². The van der Waals surface area contributed by atoms with Crippen LogP contribution in [0.4, 0.5) is 29.3 Å². The molecule has 14 nitrogen and oxygen atoms in total. The van der Waals surface area contributed by atoms with Crippen molar-refractivity contribution in [3.05, 3.63) is 69.8 Å². The average molecular weight is 744 g/mol. The fourth-order valence-electron chi connectivity index (χ4n) is 4.27. The lowest BCUT2D eigenvalue weighted by molar-refractivity contribution is -0.384. The smallest absolute Gasteiger partial charge is 0.394 e. The Kier molecular flexibility index (Phi) is 15.5. The standard InChI is InChI=1S/C28H36Cl2F3N6O8P/c1-4-34-27(43)38(15-5-14-37(2)3)48(46,17-18-6-10-20(11-7-18)35-26(42)28(31,32)33)47-23(22(16-40)36-25(41)24(29)30)19-8-12-21(13-9-19)39(44)45/h6-13,22-24,40H,4-5,14-17H2,1-3H3,(H,34,43)(H,35,42)(H,36,41)/t22-,23-,48?/m1/s1. The summed E-state index contributed by atoms with van der Waals surface area (Å²) in [5, 5.41) is 28.3. The monoisotopic (exact) mass is 742 g/mol. The fourth-order valence-corrected chi connectivity index (χ4v) is 6.84. The fraction of sp³-hybridized carbons (Fsp3) is 0.464. The zero-order chi connectivity index (χ0) is 36.2. The van der Waals surface area contributed by atoms with Crippen LogP contribution in [-0.2, 0) is 24.8 Å². The van der Waals surface area contributed by atoms with Crippen molar-refractivity contribution in [3.63, 3.8) is 0 Å². The molecule has 0 aliphatic heterocycles. The first kappa shape index (κ1) is 40.7. The molecule has 0 radical (unpaired) electrons. The number of amides is 4. The van der Waals surface area contributed by atoms with E-state index >= 15 is 4.57 Å². The number of aliphatic hydroxyl groups is 1. The summed E-state index contributed by atoms with van der Waals surface area (Å²) in [4.78, 5) is 48.2. The molecule has 0 aromatic heterocycles. The quantitative estimate of drug-likeness (QED) is 0.0765. The third kappa shape index (κ3) is 12.2. The first-order chi connectivity index (χ1) is 22.4. The lowest BCUT2D eigenvalue weighted by Gasteiger charge is -2.36. The predicted molar refractivity (Wildman–Crippen MR) is 173 cm³/mol. The van der Waals surface area contributed by atoms with Crippen molar-refractivity contribution in [2.75, 3.05) is 45.7 Å². The summed E-state index contributed by atoms with van der Waals surface area (Å²) in [6, 6.07) is 7.37. The number of carbonyl (C=O) groups excluding carboxylic acids is 3. The number of halogens is 5. The second-order valence-corrected chi connectivity index (χ2v) is 13.9. The first-order valence-corrected chi connectivity index (χ1v) is 16.9. The van der Waals surface area contributed by atoms with Crippen LogP contribution in [0.5, 0.6) is 0 Å². The summed E-state index contributed by atoms with van der Waals surface area (Å²) >= 11 is 11.4. The topological polar surface area (TPSA) is 183 Å². The maximum atomic E-state index is 15.1. The van der Waals surface area contributed by atoms with Crippen LogP contribution in [0.1, 0.15) is 30.6 Å². The number of alkyl halides is 5. The van der Waals surface area contributed by atoms with Crippen molar-refractivity contribution in [2.24, 2.45) is 0 Å². The Bertz CT molecular complexity index is 1450. The Morgan fingerprint density at radius 1 is 1.06 bits per heavy atom. The SMILES string of the molecule is CCNC(=O)N(CCCN(C)C)P(=O)(Cc1ccc(NC(=O)C(F)(F)F)cc1)O[C@H](c1ccc([N+](=O)[O-])cc1)[C@@H](CO)NC(=O)C(Cl)Cl. The van der Waals surface area contributed by atoms with Crippen LogP contribution in [0.2, 0.25) is 0 Å². The predicted octanol–water partition coefficient (Wildman–Crippen LogP) is 4.81.